The molecule has 0 bridgehead atoms. The van der Waals surface area contributed by atoms with Crippen molar-refractivity contribution in [3.8, 4) is 11.5 Å². The van der Waals surface area contributed by atoms with Crippen molar-refractivity contribution in [3.63, 3.8) is 0 Å². The number of hydrogen-bond donors (Lipinski definition) is 3. The van der Waals surface area contributed by atoms with Gasteiger partial charge in [0.15, 0.2) is 21.3 Å². The molecule has 3 aromatic carbocycles. The molecule has 0 unspecified atom stereocenters. The number of anilines is 3. The van der Waals surface area contributed by atoms with Crippen molar-refractivity contribution in [3.05, 3.63) is 78.0 Å². The molecule has 4 aromatic rings. The minimum atomic E-state index is -3.72. The van der Waals surface area contributed by atoms with E-state index in [0.717, 1.165) is 10.8 Å². The highest BCUT2D eigenvalue weighted by atomic mass is 32.2. The van der Waals surface area contributed by atoms with Crippen LogP contribution in [0.1, 0.15) is 77.6 Å². The van der Waals surface area contributed by atoms with Gasteiger partial charge in [-0.15, -0.1) is 0 Å². The van der Waals surface area contributed by atoms with E-state index in [1.54, 1.807) is 43.1 Å². The lowest BCUT2D eigenvalue weighted by Crippen LogP contribution is -2.38. The maximum Gasteiger partial charge on any atom is 0.250 e. The molecule has 1 fully saturated rings. The second-order valence-corrected chi connectivity index (χ2v) is 15.2. The minimum Gasteiger partial charge on any atom is -0.490 e. The van der Waals surface area contributed by atoms with Crippen LogP contribution in [0.25, 0.3) is 10.8 Å². The Kier molecular flexibility index (Phi) is 10.7. The van der Waals surface area contributed by atoms with E-state index in [1.165, 1.54) is 13.0 Å². The van der Waals surface area contributed by atoms with Crippen molar-refractivity contribution in [2.45, 2.75) is 82.7 Å². The summed E-state index contributed by atoms with van der Waals surface area (Å²) in [6.07, 6.45) is 2.77. The Morgan fingerprint density at radius 2 is 1.76 bits per heavy atom. The third-order valence-electron chi connectivity index (χ3n) is 8.47. The van der Waals surface area contributed by atoms with Gasteiger partial charge in [0.1, 0.15) is 11.9 Å². The summed E-state index contributed by atoms with van der Waals surface area (Å²) in [6.45, 7) is 11.2. The maximum atomic E-state index is 14.9. The van der Waals surface area contributed by atoms with Gasteiger partial charge in [0.2, 0.25) is 11.8 Å². The molecule has 12 heteroatoms. The van der Waals surface area contributed by atoms with Crippen LogP contribution in [-0.2, 0) is 19.4 Å². The summed E-state index contributed by atoms with van der Waals surface area (Å²) in [5, 5.41) is 7.20. The number of amides is 2. The zero-order valence-electron chi connectivity index (χ0n) is 28.8. The lowest BCUT2D eigenvalue weighted by molar-refractivity contribution is -0.133. The molecule has 0 spiro atoms. The fraction of sp³-hybridized carbons (Fsp3) is 0.378. The summed E-state index contributed by atoms with van der Waals surface area (Å²) in [5.41, 5.74) is 8.38. The van der Waals surface area contributed by atoms with Crippen molar-refractivity contribution < 1.29 is 27.5 Å². The van der Waals surface area contributed by atoms with Crippen LogP contribution in [0, 0.1) is 0 Å². The SMILES string of the molecule is CCOc1cc([C@@H](Nc2ccc3c(N)nccc3c2)C(=O)N2CCC[C@@H]2c2cc(NC(C)=O)ccc2S(=O)(=O)C(C)C)ccc1OC(C)C. The monoisotopic (exact) mass is 687 g/mol. The third kappa shape index (κ3) is 7.75. The van der Waals surface area contributed by atoms with Gasteiger partial charge in [0, 0.05) is 36.4 Å². The van der Waals surface area contributed by atoms with Crippen LogP contribution < -0.4 is 25.8 Å². The van der Waals surface area contributed by atoms with Crippen molar-refractivity contribution in [2.75, 3.05) is 29.5 Å². The quantitative estimate of drug-likeness (QED) is 0.148. The average Bonchev–Trinajstić information content (AvgIpc) is 3.54. The van der Waals surface area contributed by atoms with Crippen molar-refractivity contribution in [2.24, 2.45) is 0 Å². The van der Waals surface area contributed by atoms with Gasteiger partial charge in [0.25, 0.3) is 0 Å². The molecular weight excluding hydrogens is 643 g/mol. The van der Waals surface area contributed by atoms with E-state index in [9.17, 15) is 18.0 Å². The summed E-state index contributed by atoms with van der Waals surface area (Å²) < 4.78 is 39.2. The van der Waals surface area contributed by atoms with Gasteiger partial charge in [0.05, 0.1) is 28.9 Å². The van der Waals surface area contributed by atoms with Gasteiger partial charge >= 0.3 is 0 Å². The maximum absolute atomic E-state index is 14.9. The molecule has 1 aromatic heterocycles. The van der Waals surface area contributed by atoms with Crippen molar-refractivity contribution in [1.29, 1.82) is 0 Å². The standard InChI is InChI=1S/C37H45N5O6S/c1-7-47-33-20-26(10-14-32(33)48-22(2)3)35(41-27-11-13-29-25(19-27)16-17-39-36(29)38)37(44)42-18-8-9-31(42)30-21-28(40-24(6)43)12-15-34(30)49(45,46)23(4)5/h10-17,19-23,31,35,41H,7-9,18H2,1-6H3,(H2,38,39)(H,40,43)/t31-,35-/m1/s1. The van der Waals surface area contributed by atoms with Gasteiger partial charge in [-0.1, -0.05) is 6.07 Å². The van der Waals surface area contributed by atoms with Crippen LogP contribution >= 0.6 is 0 Å². The topological polar surface area (TPSA) is 153 Å². The number of sulfone groups is 1. The Morgan fingerprint density at radius 3 is 2.45 bits per heavy atom. The number of aromatic nitrogens is 1. The number of carbonyl (C=O) groups excluding carboxylic acids is 2. The molecular formula is C37H45N5O6S. The molecule has 2 heterocycles. The molecule has 5 rings (SSSR count). The third-order valence-corrected chi connectivity index (χ3v) is 10.7. The molecule has 1 saturated heterocycles. The number of hydrogen-bond acceptors (Lipinski definition) is 9. The van der Waals surface area contributed by atoms with Crippen LogP contribution in [-0.4, -0.2) is 54.6 Å². The predicted octanol–water partition coefficient (Wildman–Crippen LogP) is 6.66. The average molecular weight is 688 g/mol. The van der Waals surface area contributed by atoms with Crippen LogP contribution in [0.5, 0.6) is 11.5 Å². The van der Waals surface area contributed by atoms with E-state index in [4.69, 9.17) is 15.2 Å². The predicted molar refractivity (Wildman–Crippen MR) is 193 cm³/mol. The first kappa shape index (κ1) is 35.5. The number of nitrogen functional groups attached to an aromatic ring is 1. The minimum absolute atomic E-state index is 0.0879. The van der Waals surface area contributed by atoms with Gasteiger partial charge < -0.3 is 30.7 Å². The number of fused-ring (bicyclic) bond motifs is 1. The highest BCUT2D eigenvalue weighted by Crippen LogP contribution is 2.41. The molecule has 4 N–H and O–H groups in total. The largest absolute Gasteiger partial charge is 0.490 e. The van der Waals surface area contributed by atoms with Gasteiger partial charge in [-0.25, -0.2) is 13.4 Å². The summed E-state index contributed by atoms with van der Waals surface area (Å²) >= 11 is 0. The number of nitrogens with two attached hydrogens (primary N) is 1. The van der Waals surface area contributed by atoms with Gasteiger partial charge in [-0.3, -0.25) is 9.59 Å². The van der Waals surface area contributed by atoms with Gasteiger partial charge in [-0.2, -0.15) is 0 Å². The number of pyridine rings is 1. The van der Waals surface area contributed by atoms with E-state index in [0.29, 0.717) is 65.8 Å². The number of nitrogens with one attached hydrogen (secondary N) is 2. The Labute approximate surface area is 288 Å². The van der Waals surface area contributed by atoms with Crippen LogP contribution in [0.2, 0.25) is 0 Å². The summed E-state index contributed by atoms with van der Waals surface area (Å²) in [6, 6.07) is 16.3. The first-order valence-corrected chi connectivity index (χ1v) is 18.1. The molecule has 1 aliphatic heterocycles. The Hall–Kier alpha value is -4.84. The number of likely N-dealkylation sites (tertiary alicyclic amines) is 1. The highest BCUT2D eigenvalue weighted by molar-refractivity contribution is 7.92. The van der Waals surface area contributed by atoms with E-state index in [-0.39, 0.29) is 22.8 Å². The van der Waals surface area contributed by atoms with Crippen LogP contribution in [0.15, 0.2) is 71.8 Å². The number of carbonyl (C=O) groups is 2. The smallest absolute Gasteiger partial charge is 0.250 e. The number of benzene rings is 3. The van der Waals surface area contributed by atoms with Crippen molar-refractivity contribution in [1.82, 2.24) is 9.88 Å². The molecule has 11 nitrogen and oxygen atoms in total. The molecule has 0 radical (unpaired) electrons. The molecule has 2 amide bonds. The zero-order valence-corrected chi connectivity index (χ0v) is 29.6. The fourth-order valence-electron chi connectivity index (χ4n) is 6.19. The first-order chi connectivity index (χ1) is 23.3. The lowest BCUT2D eigenvalue weighted by atomic mass is 10.00. The second-order valence-electron chi connectivity index (χ2n) is 12.7. The molecule has 0 aliphatic carbocycles. The molecule has 2 atom stereocenters. The van der Waals surface area contributed by atoms with E-state index < -0.39 is 27.2 Å². The second kappa shape index (κ2) is 14.7. The zero-order chi connectivity index (χ0) is 35.5. The van der Waals surface area contributed by atoms with E-state index in [2.05, 4.69) is 15.6 Å². The first-order valence-electron chi connectivity index (χ1n) is 16.6. The van der Waals surface area contributed by atoms with E-state index in [1.807, 2.05) is 57.2 Å². The van der Waals surface area contributed by atoms with Crippen molar-refractivity contribution >= 4 is 49.6 Å². The fourth-order valence-corrected chi connectivity index (χ4v) is 7.48. The molecule has 260 valence electrons. The van der Waals surface area contributed by atoms with Crippen LogP contribution in [0.3, 0.4) is 0 Å². The summed E-state index contributed by atoms with van der Waals surface area (Å²) in [5.74, 6) is 0.966. The Balaban J connectivity index is 1.61. The number of rotatable bonds is 12. The Morgan fingerprint density at radius 1 is 1.00 bits per heavy atom. The molecule has 0 saturated carbocycles. The normalized spacial score (nSPS) is 15.4. The summed E-state index contributed by atoms with van der Waals surface area (Å²) in [4.78, 5) is 32.9. The molecule has 49 heavy (non-hydrogen) atoms. The Bertz CT molecular complexity index is 1960. The highest BCUT2D eigenvalue weighted by Gasteiger charge is 2.38. The summed E-state index contributed by atoms with van der Waals surface area (Å²) in [7, 11) is -3.72. The van der Waals surface area contributed by atoms with Crippen LogP contribution in [0.4, 0.5) is 17.2 Å². The number of ether oxygens (including phenoxy) is 2. The number of nitrogens with zero attached hydrogens (tertiary/aromatic N) is 2. The molecule has 1 aliphatic rings. The van der Waals surface area contributed by atoms with Gasteiger partial charge in [-0.05, 0) is 119 Å². The van der Waals surface area contributed by atoms with E-state index >= 15 is 0 Å². The lowest BCUT2D eigenvalue weighted by Gasteiger charge is -2.32.